The first-order chi connectivity index (χ1) is 9.42. The van der Waals surface area contributed by atoms with Crippen molar-refractivity contribution in [1.29, 1.82) is 0 Å². The smallest absolute Gasteiger partial charge is 0.0779 e. The van der Waals surface area contributed by atoms with Gasteiger partial charge < -0.3 is 10.1 Å². The van der Waals surface area contributed by atoms with Crippen LogP contribution in [-0.4, -0.2) is 35.1 Å². The van der Waals surface area contributed by atoms with Gasteiger partial charge in [-0.3, -0.25) is 4.68 Å². The Balaban J connectivity index is 2.84. The van der Waals surface area contributed by atoms with Crippen LogP contribution in [0.15, 0.2) is 12.4 Å². The number of rotatable bonds is 8. The Hall–Kier alpha value is -0.870. The van der Waals surface area contributed by atoms with Gasteiger partial charge in [0.25, 0.3) is 0 Å². The van der Waals surface area contributed by atoms with Gasteiger partial charge in [0.2, 0.25) is 0 Å². The first-order valence-electron chi connectivity index (χ1n) is 7.78. The van der Waals surface area contributed by atoms with Crippen LogP contribution in [0.25, 0.3) is 0 Å². The molecule has 116 valence electrons. The van der Waals surface area contributed by atoms with Gasteiger partial charge in [0.15, 0.2) is 0 Å². The first kappa shape index (κ1) is 17.2. The molecular weight excluding hydrogens is 250 g/mol. The van der Waals surface area contributed by atoms with Gasteiger partial charge in [-0.05, 0) is 37.8 Å². The van der Waals surface area contributed by atoms with Gasteiger partial charge in [-0.25, -0.2) is 0 Å². The van der Waals surface area contributed by atoms with Crippen molar-refractivity contribution in [2.45, 2.75) is 66.7 Å². The molecule has 0 aliphatic rings. The van der Waals surface area contributed by atoms with E-state index in [-0.39, 0.29) is 11.5 Å². The van der Waals surface area contributed by atoms with Crippen molar-refractivity contribution < 1.29 is 4.74 Å². The van der Waals surface area contributed by atoms with Gasteiger partial charge in [-0.15, -0.1) is 0 Å². The third-order valence-electron chi connectivity index (χ3n) is 3.50. The fourth-order valence-corrected chi connectivity index (χ4v) is 2.64. The average molecular weight is 281 g/mol. The molecule has 2 atom stereocenters. The molecule has 0 amide bonds. The van der Waals surface area contributed by atoms with Crippen LogP contribution in [0.4, 0.5) is 0 Å². The van der Waals surface area contributed by atoms with Crippen molar-refractivity contribution in [3.8, 4) is 0 Å². The molecule has 4 nitrogen and oxygen atoms in total. The normalized spacial score (nSPS) is 15.3. The van der Waals surface area contributed by atoms with E-state index >= 15 is 0 Å². The molecule has 0 aliphatic heterocycles. The van der Waals surface area contributed by atoms with Gasteiger partial charge in [0.05, 0.1) is 12.3 Å². The number of aryl methyl sites for hydroxylation is 1. The van der Waals surface area contributed by atoms with Gasteiger partial charge in [-0.1, -0.05) is 27.7 Å². The van der Waals surface area contributed by atoms with Crippen molar-refractivity contribution in [2.24, 2.45) is 5.41 Å². The van der Waals surface area contributed by atoms with E-state index in [2.05, 4.69) is 58.2 Å². The molecule has 1 N–H and O–H groups in total. The van der Waals surface area contributed by atoms with Gasteiger partial charge >= 0.3 is 0 Å². The van der Waals surface area contributed by atoms with Crippen molar-refractivity contribution >= 4 is 0 Å². The van der Waals surface area contributed by atoms with E-state index in [4.69, 9.17) is 4.74 Å². The van der Waals surface area contributed by atoms with E-state index < -0.39 is 0 Å². The molecule has 0 radical (unpaired) electrons. The molecule has 1 aromatic heterocycles. The lowest BCUT2D eigenvalue weighted by atomic mass is 9.82. The summed E-state index contributed by atoms with van der Waals surface area (Å²) in [6, 6.07) is 0.314. The third-order valence-corrected chi connectivity index (χ3v) is 3.50. The second-order valence-electron chi connectivity index (χ2n) is 6.31. The fourth-order valence-electron chi connectivity index (χ4n) is 2.64. The van der Waals surface area contributed by atoms with Gasteiger partial charge in [0.1, 0.15) is 0 Å². The summed E-state index contributed by atoms with van der Waals surface area (Å²) in [6.45, 7) is 15.7. The Bertz CT molecular complexity index is 381. The van der Waals surface area contributed by atoms with E-state index in [1.54, 1.807) is 0 Å². The first-order valence-corrected chi connectivity index (χ1v) is 7.78. The number of nitrogens with zero attached hydrogens (tertiary/aromatic N) is 2. The molecule has 0 bridgehead atoms. The summed E-state index contributed by atoms with van der Waals surface area (Å²) in [5, 5.41) is 7.95. The fraction of sp³-hybridized carbons (Fsp3) is 0.812. The zero-order valence-corrected chi connectivity index (χ0v) is 13.9. The molecule has 0 spiro atoms. The van der Waals surface area contributed by atoms with E-state index in [9.17, 15) is 0 Å². The minimum atomic E-state index is 0.115. The molecule has 4 heteroatoms. The summed E-state index contributed by atoms with van der Waals surface area (Å²) in [6.07, 6.45) is 5.25. The lowest BCUT2D eigenvalue weighted by Gasteiger charge is -2.37. The van der Waals surface area contributed by atoms with Crippen LogP contribution in [0.3, 0.4) is 0 Å². The summed E-state index contributed by atoms with van der Waals surface area (Å²) < 4.78 is 8.01. The van der Waals surface area contributed by atoms with Crippen LogP contribution < -0.4 is 5.32 Å². The van der Waals surface area contributed by atoms with Crippen LogP contribution in [0, 0.1) is 5.41 Å². The number of likely N-dealkylation sites (N-methyl/N-ethyl adjacent to an activating group) is 1. The van der Waals surface area contributed by atoms with E-state index in [1.165, 1.54) is 5.56 Å². The zero-order valence-electron chi connectivity index (χ0n) is 13.9. The molecule has 1 aromatic rings. The second kappa shape index (κ2) is 7.79. The summed E-state index contributed by atoms with van der Waals surface area (Å²) in [7, 11) is 0. The van der Waals surface area contributed by atoms with Crippen LogP contribution >= 0.6 is 0 Å². The zero-order chi connectivity index (χ0) is 15.2. The molecule has 20 heavy (non-hydrogen) atoms. The van der Waals surface area contributed by atoms with E-state index in [0.29, 0.717) is 6.04 Å². The number of nitrogens with one attached hydrogen (secondary N) is 1. The lowest BCUT2D eigenvalue weighted by Crippen LogP contribution is -2.49. The van der Waals surface area contributed by atoms with Crippen LogP contribution in [0.2, 0.25) is 0 Å². The van der Waals surface area contributed by atoms with Crippen LogP contribution in [-0.2, 0) is 17.7 Å². The maximum Gasteiger partial charge on any atom is 0.0779 e. The van der Waals surface area contributed by atoms with Crippen molar-refractivity contribution in [1.82, 2.24) is 15.1 Å². The molecular formula is C16H31N3O. The molecule has 2 unspecified atom stereocenters. The molecule has 0 saturated carbocycles. The number of ether oxygens (including phenoxy) is 1. The van der Waals surface area contributed by atoms with Crippen molar-refractivity contribution in [2.75, 3.05) is 13.2 Å². The van der Waals surface area contributed by atoms with Gasteiger partial charge in [0, 0.05) is 25.4 Å². The van der Waals surface area contributed by atoms with Crippen molar-refractivity contribution in [3.63, 3.8) is 0 Å². The van der Waals surface area contributed by atoms with Gasteiger partial charge in [-0.2, -0.15) is 5.10 Å². The Morgan fingerprint density at radius 1 is 1.30 bits per heavy atom. The predicted octanol–water partition coefficient (Wildman–Crippen LogP) is 2.87. The minimum Gasteiger partial charge on any atom is -0.376 e. The lowest BCUT2D eigenvalue weighted by molar-refractivity contribution is -0.0352. The van der Waals surface area contributed by atoms with Crippen molar-refractivity contribution in [3.05, 3.63) is 18.0 Å². The Labute approximate surface area is 123 Å². The molecule has 0 aromatic carbocycles. The maximum atomic E-state index is 6.04. The molecule has 1 heterocycles. The average Bonchev–Trinajstić information content (AvgIpc) is 2.82. The largest absolute Gasteiger partial charge is 0.376 e. The molecule has 0 fully saturated rings. The number of hydrogen-bond donors (Lipinski definition) is 1. The van der Waals surface area contributed by atoms with Crippen LogP contribution in [0.1, 0.15) is 47.1 Å². The SMILES string of the molecule is CCNC(Cc1cnn(CC)c1)C(OCC)C(C)(C)C. The summed E-state index contributed by atoms with van der Waals surface area (Å²) in [5.41, 5.74) is 1.38. The highest BCUT2D eigenvalue weighted by Crippen LogP contribution is 2.26. The predicted molar refractivity (Wildman–Crippen MR) is 83.9 cm³/mol. The second-order valence-corrected chi connectivity index (χ2v) is 6.31. The number of hydrogen-bond acceptors (Lipinski definition) is 3. The van der Waals surface area contributed by atoms with E-state index in [1.807, 2.05) is 10.9 Å². The minimum absolute atomic E-state index is 0.115. The third kappa shape index (κ3) is 4.91. The topological polar surface area (TPSA) is 39.1 Å². The quantitative estimate of drug-likeness (QED) is 0.796. The summed E-state index contributed by atoms with van der Waals surface area (Å²) in [5.74, 6) is 0. The Morgan fingerprint density at radius 2 is 2.00 bits per heavy atom. The molecule has 1 rings (SSSR count). The molecule has 0 saturated heterocycles. The molecule has 0 aliphatic carbocycles. The van der Waals surface area contributed by atoms with Crippen LogP contribution in [0.5, 0.6) is 0 Å². The Morgan fingerprint density at radius 3 is 2.45 bits per heavy atom. The summed E-state index contributed by atoms with van der Waals surface area (Å²) >= 11 is 0. The van der Waals surface area contributed by atoms with E-state index in [0.717, 1.165) is 26.1 Å². The highest BCUT2D eigenvalue weighted by Gasteiger charge is 2.32. The number of aromatic nitrogens is 2. The maximum absolute atomic E-state index is 6.04. The summed E-state index contributed by atoms with van der Waals surface area (Å²) in [4.78, 5) is 0. The monoisotopic (exact) mass is 281 g/mol. The highest BCUT2D eigenvalue weighted by molar-refractivity contribution is 5.08. The highest BCUT2D eigenvalue weighted by atomic mass is 16.5. The standard InChI is InChI=1S/C16H31N3O/c1-7-17-14(15(20-9-3)16(4,5)6)10-13-11-18-19(8-2)12-13/h11-12,14-15,17H,7-10H2,1-6H3. The Kier molecular flexibility index (Phi) is 6.69.